The molecule has 0 aliphatic carbocycles. The molecule has 0 atom stereocenters. The number of nitrogens with one attached hydrogen (secondary N) is 1. The molecule has 3 heteroatoms. The van der Waals surface area contributed by atoms with E-state index in [0.717, 1.165) is 12.1 Å². The van der Waals surface area contributed by atoms with Crippen molar-refractivity contribution in [1.29, 1.82) is 0 Å². The van der Waals surface area contributed by atoms with Gasteiger partial charge >= 0.3 is 0 Å². The van der Waals surface area contributed by atoms with E-state index >= 15 is 0 Å². The molecule has 0 fully saturated rings. The predicted octanol–water partition coefficient (Wildman–Crippen LogP) is 3.62. The lowest BCUT2D eigenvalue weighted by atomic mass is 10.2. The first kappa shape index (κ1) is 12.0. The summed E-state index contributed by atoms with van der Waals surface area (Å²) < 4.78 is 0.575. The summed E-state index contributed by atoms with van der Waals surface area (Å²) in [6.07, 6.45) is 2.67. The molecule has 1 aromatic rings. The Labute approximate surface area is 98.5 Å². The highest BCUT2D eigenvalue weighted by atomic mass is 79.9. The molecule has 1 amide bonds. The van der Waals surface area contributed by atoms with Crippen LogP contribution in [0.3, 0.4) is 0 Å². The second-order valence-corrected chi connectivity index (χ2v) is 4.13. The van der Waals surface area contributed by atoms with Gasteiger partial charge in [0.1, 0.15) is 0 Å². The minimum atomic E-state index is -0.110. The molecule has 80 valence electrons. The number of carbonyl (C=O) groups is 1. The Morgan fingerprint density at radius 3 is 2.53 bits per heavy atom. The standard InChI is InChI=1S/C12H14BrNO/c1-3-4-11(13)12(15)14-10-7-5-9(2)6-8-10/h4-8H,3H2,1-2H3,(H,14,15)/b11-4-. The van der Waals surface area contributed by atoms with Gasteiger partial charge < -0.3 is 5.32 Å². The molecule has 0 radical (unpaired) electrons. The molecule has 1 N–H and O–H groups in total. The maximum atomic E-state index is 11.6. The fraction of sp³-hybridized carbons (Fsp3) is 0.250. The van der Waals surface area contributed by atoms with Crippen molar-refractivity contribution in [3.8, 4) is 0 Å². The minimum absolute atomic E-state index is 0.110. The number of amides is 1. The number of carbonyl (C=O) groups excluding carboxylic acids is 1. The van der Waals surface area contributed by atoms with E-state index in [0.29, 0.717) is 4.48 Å². The molecule has 0 heterocycles. The Balaban J connectivity index is 2.66. The van der Waals surface area contributed by atoms with Gasteiger partial charge in [-0.25, -0.2) is 0 Å². The van der Waals surface area contributed by atoms with Crippen molar-refractivity contribution >= 4 is 27.5 Å². The molecule has 0 bridgehead atoms. The number of anilines is 1. The predicted molar refractivity (Wildman–Crippen MR) is 67.1 cm³/mol. The fourth-order valence-corrected chi connectivity index (χ4v) is 1.52. The average Bonchev–Trinajstić information content (AvgIpc) is 2.22. The van der Waals surface area contributed by atoms with Crippen molar-refractivity contribution < 1.29 is 4.79 Å². The monoisotopic (exact) mass is 267 g/mol. The second-order valence-electron chi connectivity index (χ2n) is 3.28. The zero-order valence-electron chi connectivity index (χ0n) is 8.88. The van der Waals surface area contributed by atoms with Crippen LogP contribution in [-0.2, 0) is 4.79 Å². The molecule has 0 saturated carbocycles. The molecule has 0 saturated heterocycles. The van der Waals surface area contributed by atoms with Crippen molar-refractivity contribution in [3.05, 3.63) is 40.4 Å². The molecule has 0 unspecified atom stereocenters. The molecule has 0 aliphatic heterocycles. The van der Waals surface area contributed by atoms with Crippen molar-refractivity contribution in [3.63, 3.8) is 0 Å². The maximum Gasteiger partial charge on any atom is 0.262 e. The zero-order chi connectivity index (χ0) is 11.3. The first-order valence-electron chi connectivity index (χ1n) is 4.87. The van der Waals surface area contributed by atoms with E-state index in [4.69, 9.17) is 0 Å². The Morgan fingerprint density at radius 1 is 1.40 bits per heavy atom. The van der Waals surface area contributed by atoms with Gasteiger partial charge in [0.05, 0.1) is 4.48 Å². The van der Waals surface area contributed by atoms with Gasteiger partial charge in [-0.1, -0.05) is 30.7 Å². The fourth-order valence-electron chi connectivity index (χ4n) is 1.10. The van der Waals surface area contributed by atoms with Crippen molar-refractivity contribution in [2.24, 2.45) is 0 Å². The SMILES string of the molecule is CC/C=C(\Br)C(=O)Nc1ccc(C)cc1. The number of rotatable bonds is 3. The third-order valence-corrected chi connectivity index (χ3v) is 2.59. The second kappa shape index (κ2) is 5.71. The number of halogens is 1. The van der Waals surface area contributed by atoms with Crippen LogP contribution in [0.2, 0.25) is 0 Å². The molecule has 0 aromatic heterocycles. The van der Waals surface area contributed by atoms with E-state index in [1.165, 1.54) is 5.56 Å². The van der Waals surface area contributed by atoms with Crippen LogP contribution in [0.25, 0.3) is 0 Å². The molecule has 15 heavy (non-hydrogen) atoms. The zero-order valence-corrected chi connectivity index (χ0v) is 10.5. The van der Waals surface area contributed by atoms with Gasteiger partial charge in [-0.3, -0.25) is 4.79 Å². The molecule has 2 nitrogen and oxygen atoms in total. The van der Waals surface area contributed by atoms with Gasteiger partial charge in [0.25, 0.3) is 5.91 Å². The molecule has 0 spiro atoms. The van der Waals surface area contributed by atoms with Crippen LogP contribution in [0.5, 0.6) is 0 Å². The number of hydrogen-bond donors (Lipinski definition) is 1. The highest BCUT2D eigenvalue weighted by Crippen LogP contribution is 2.13. The number of benzene rings is 1. The number of allylic oxidation sites excluding steroid dienone is 1. The average molecular weight is 268 g/mol. The lowest BCUT2D eigenvalue weighted by molar-refractivity contribution is -0.112. The van der Waals surface area contributed by atoms with Crippen molar-refractivity contribution in [1.82, 2.24) is 0 Å². The normalized spacial score (nSPS) is 11.3. The lowest BCUT2D eigenvalue weighted by Gasteiger charge is -2.04. The third-order valence-electron chi connectivity index (χ3n) is 1.91. The Morgan fingerprint density at radius 2 is 2.00 bits per heavy atom. The van der Waals surface area contributed by atoms with Gasteiger partial charge in [-0.2, -0.15) is 0 Å². The van der Waals surface area contributed by atoms with E-state index in [1.54, 1.807) is 0 Å². The summed E-state index contributed by atoms with van der Waals surface area (Å²) in [6, 6.07) is 7.71. The largest absolute Gasteiger partial charge is 0.322 e. The molecule has 0 aliphatic rings. The van der Waals surface area contributed by atoms with Crippen LogP contribution in [0.15, 0.2) is 34.8 Å². The van der Waals surface area contributed by atoms with E-state index in [9.17, 15) is 4.79 Å². The first-order chi connectivity index (χ1) is 7.13. The Bertz CT molecular complexity index is 368. The maximum absolute atomic E-state index is 11.6. The highest BCUT2D eigenvalue weighted by molar-refractivity contribution is 9.12. The van der Waals surface area contributed by atoms with Gasteiger partial charge in [0.2, 0.25) is 0 Å². The topological polar surface area (TPSA) is 29.1 Å². The van der Waals surface area contributed by atoms with E-state index in [2.05, 4.69) is 21.2 Å². The minimum Gasteiger partial charge on any atom is -0.322 e. The summed E-state index contributed by atoms with van der Waals surface area (Å²) in [7, 11) is 0. The van der Waals surface area contributed by atoms with Crippen LogP contribution < -0.4 is 5.32 Å². The summed E-state index contributed by atoms with van der Waals surface area (Å²) in [4.78, 5) is 11.6. The van der Waals surface area contributed by atoms with Crippen LogP contribution in [0.4, 0.5) is 5.69 Å². The molecular formula is C12H14BrNO. The van der Waals surface area contributed by atoms with E-state index in [-0.39, 0.29) is 5.91 Å². The first-order valence-corrected chi connectivity index (χ1v) is 5.66. The summed E-state index contributed by atoms with van der Waals surface area (Å²) in [6.45, 7) is 4.00. The van der Waals surface area contributed by atoms with Crippen LogP contribution >= 0.6 is 15.9 Å². The molecule has 1 rings (SSSR count). The van der Waals surface area contributed by atoms with E-state index in [1.807, 2.05) is 44.2 Å². The number of hydrogen-bond acceptors (Lipinski definition) is 1. The van der Waals surface area contributed by atoms with Crippen molar-refractivity contribution in [2.75, 3.05) is 5.32 Å². The van der Waals surface area contributed by atoms with Crippen LogP contribution in [0.1, 0.15) is 18.9 Å². The smallest absolute Gasteiger partial charge is 0.262 e. The van der Waals surface area contributed by atoms with Gasteiger partial charge in [-0.15, -0.1) is 0 Å². The Hall–Kier alpha value is -1.09. The summed E-state index contributed by atoms with van der Waals surface area (Å²) in [5, 5.41) is 2.80. The van der Waals surface area contributed by atoms with Gasteiger partial charge in [0, 0.05) is 5.69 Å². The van der Waals surface area contributed by atoms with Gasteiger partial charge in [0.15, 0.2) is 0 Å². The summed E-state index contributed by atoms with van der Waals surface area (Å²) >= 11 is 3.22. The highest BCUT2D eigenvalue weighted by Gasteiger charge is 2.04. The molecule has 1 aromatic carbocycles. The van der Waals surface area contributed by atoms with Crippen LogP contribution in [0, 0.1) is 6.92 Å². The Kier molecular flexibility index (Phi) is 4.56. The molecular weight excluding hydrogens is 254 g/mol. The number of aryl methyl sites for hydroxylation is 1. The summed E-state index contributed by atoms with van der Waals surface area (Å²) in [5.41, 5.74) is 1.99. The summed E-state index contributed by atoms with van der Waals surface area (Å²) in [5.74, 6) is -0.110. The van der Waals surface area contributed by atoms with E-state index < -0.39 is 0 Å². The quantitative estimate of drug-likeness (QED) is 0.833. The van der Waals surface area contributed by atoms with Crippen molar-refractivity contribution in [2.45, 2.75) is 20.3 Å². The van der Waals surface area contributed by atoms with Gasteiger partial charge in [-0.05, 0) is 41.4 Å². The van der Waals surface area contributed by atoms with Crippen LogP contribution in [-0.4, -0.2) is 5.91 Å². The lowest BCUT2D eigenvalue weighted by Crippen LogP contribution is -2.11. The third kappa shape index (κ3) is 3.88.